The number of nitrogens with zero attached hydrogens (tertiary/aromatic N) is 2. The summed E-state index contributed by atoms with van der Waals surface area (Å²) in [6.45, 7) is 7.32. The number of thiophene rings is 1. The van der Waals surface area contributed by atoms with E-state index in [1.54, 1.807) is 16.2 Å². The van der Waals surface area contributed by atoms with Crippen molar-refractivity contribution in [2.45, 2.75) is 59.2 Å². The van der Waals surface area contributed by atoms with Crippen LogP contribution in [-0.4, -0.2) is 34.2 Å². The van der Waals surface area contributed by atoms with Crippen molar-refractivity contribution in [3.05, 3.63) is 58.3 Å². The van der Waals surface area contributed by atoms with Crippen LogP contribution >= 0.6 is 11.3 Å². The number of carbonyl (C=O) groups is 2. The van der Waals surface area contributed by atoms with Crippen LogP contribution in [0, 0.1) is 0 Å². The Kier molecular flexibility index (Phi) is 8.52. The molecule has 0 aliphatic rings. The fourth-order valence-corrected chi connectivity index (χ4v) is 3.66. The van der Waals surface area contributed by atoms with Crippen LogP contribution < -0.4 is 0 Å². The van der Waals surface area contributed by atoms with E-state index >= 15 is 0 Å². The quantitative estimate of drug-likeness (QED) is 0.594. The Morgan fingerprint density at radius 1 is 1.00 bits per heavy atom. The van der Waals surface area contributed by atoms with E-state index in [0.717, 1.165) is 23.3 Å². The van der Waals surface area contributed by atoms with Crippen LogP contribution in [0.25, 0.3) is 0 Å². The van der Waals surface area contributed by atoms with Gasteiger partial charge in [-0.3, -0.25) is 9.59 Å². The summed E-state index contributed by atoms with van der Waals surface area (Å²) in [6.07, 6.45) is 2.12. The van der Waals surface area contributed by atoms with Gasteiger partial charge in [0.15, 0.2) is 0 Å². The van der Waals surface area contributed by atoms with Gasteiger partial charge in [-0.1, -0.05) is 50.2 Å². The predicted molar refractivity (Wildman–Crippen MR) is 111 cm³/mol. The van der Waals surface area contributed by atoms with Crippen molar-refractivity contribution < 1.29 is 9.59 Å². The van der Waals surface area contributed by atoms with Crippen LogP contribution in [0.2, 0.25) is 0 Å². The summed E-state index contributed by atoms with van der Waals surface area (Å²) in [5.74, 6) is 0.0630. The monoisotopic (exact) mass is 386 g/mol. The fourth-order valence-electron chi connectivity index (χ4n) is 2.94. The van der Waals surface area contributed by atoms with Gasteiger partial charge in [-0.2, -0.15) is 0 Å². The van der Waals surface area contributed by atoms with Crippen molar-refractivity contribution in [3.63, 3.8) is 0 Å². The lowest BCUT2D eigenvalue weighted by Gasteiger charge is -2.31. The number of hydrogen-bond acceptors (Lipinski definition) is 3. The Morgan fingerprint density at radius 2 is 1.74 bits per heavy atom. The molecule has 0 saturated heterocycles. The van der Waals surface area contributed by atoms with Crippen molar-refractivity contribution in [3.8, 4) is 0 Å². The molecule has 0 aliphatic carbocycles. The SMILES string of the molecule is CCCC(=O)N(CC(=O)N(Cc1ccccc1)Cc1cccs1)[C@H](C)CC. The van der Waals surface area contributed by atoms with Crippen molar-refractivity contribution in [2.24, 2.45) is 0 Å². The molecule has 1 aromatic heterocycles. The van der Waals surface area contributed by atoms with Gasteiger partial charge in [0.1, 0.15) is 6.54 Å². The van der Waals surface area contributed by atoms with Gasteiger partial charge in [0, 0.05) is 23.9 Å². The molecule has 0 fully saturated rings. The predicted octanol–water partition coefficient (Wildman–Crippen LogP) is 4.70. The molecule has 0 radical (unpaired) electrons. The van der Waals surface area contributed by atoms with Crippen LogP contribution in [0.1, 0.15) is 50.5 Å². The van der Waals surface area contributed by atoms with E-state index in [0.29, 0.717) is 19.5 Å². The molecule has 0 bridgehead atoms. The molecule has 0 N–H and O–H groups in total. The number of amides is 2. The molecule has 27 heavy (non-hydrogen) atoms. The molecule has 0 unspecified atom stereocenters. The van der Waals surface area contributed by atoms with Gasteiger partial charge in [-0.05, 0) is 36.8 Å². The Morgan fingerprint density at radius 3 is 2.33 bits per heavy atom. The van der Waals surface area contributed by atoms with Gasteiger partial charge in [-0.15, -0.1) is 11.3 Å². The molecule has 0 saturated carbocycles. The van der Waals surface area contributed by atoms with Crippen molar-refractivity contribution >= 4 is 23.2 Å². The zero-order valence-electron chi connectivity index (χ0n) is 16.6. The number of hydrogen-bond donors (Lipinski definition) is 0. The standard InChI is InChI=1S/C22H30N2O2S/c1-4-10-21(25)24(18(3)5-2)17-22(26)23(16-20-13-9-14-27-20)15-19-11-7-6-8-12-19/h6-9,11-14,18H,4-5,10,15-17H2,1-3H3/t18-/m1/s1. The molecular formula is C22H30N2O2S. The highest BCUT2D eigenvalue weighted by Gasteiger charge is 2.24. The summed E-state index contributed by atoms with van der Waals surface area (Å²) in [6, 6.07) is 14.1. The van der Waals surface area contributed by atoms with Crippen LogP contribution in [-0.2, 0) is 22.7 Å². The van der Waals surface area contributed by atoms with E-state index in [4.69, 9.17) is 0 Å². The third-order valence-electron chi connectivity index (χ3n) is 4.71. The Hall–Kier alpha value is -2.14. The fraction of sp³-hybridized carbons (Fsp3) is 0.455. The first-order valence-corrected chi connectivity index (χ1v) is 10.6. The minimum absolute atomic E-state index is 0.00277. The number of carbonyl (C=O) groups excluding carboxylic acids is 2. The molecule has 2 rings (SSSR count). The molecular weight excluding hydrogens is 356 g/mol. The number of rotatable bonds is 10. The second-order valence-electron chi connectivity index (χ2n) is 6.84. The molecule has 146 valence electrons. The van der Waals surface area contributed by atoms with E-state index in [1.165, 1.54) is 0 Å². The molecule has 4 nitrogen and oxygen atoms in total. The van der Waals surface area contributed by atoms with Crippen LogP contribution in [0.15, 0.2) is 47.8 Å². The lowest BCUT2D eigenvalue weighted by Crippen LogP contribution is -2.46. The highest BCUT2D eigenvalue weighted by molar-refractivity contribution is 7.09. The zero-order valence-corrected chi connectivity index (χ0v) is 17.4. The van der Waals surface area contributed by atoms with E-state index in [2.05, 4.69) is 6.92 Å². The van der Waals surface area contributed by atoms with E-state index < -0.39 is 0 Å². The van der Waals surface area contributed by atoms with Crippen molar-refractivity contribution in [2.75, 3.05) is 6.54 Å². The minimum atomic E-state index is -0.00277. The third-order valence-corrected chi connectivity index (χ3v) is 5.57. The largest absolute Gasteiger partial charge is 0.332 e. The van der Waals surface area contributed by atoms with Gasteiger partial charge in [0.25, 0.3) is 0 Å². The summed E-state index contributed by atoms with van der Waals surface area (Å²) in [7, 11) is 0. The first kappa shape index (κ1) is 21.2. The maximum atomic E-state index is 13.1. The summed E-state index contributed by atoms with van der Waals surface area (Å²) in [5, 5.41) is 2.02. The van der Waals surface area contributed by atoms with E-state index in [-0.39, 0.29) is 24.4 Å². The highest BCUT2D eigenvalue weighted by Crippen LogP contribution is 2.16. The van der Waals surface area contributed by atoms with Gasteiger partial charge in [0.05, 0.1) is 6.54 Å². The van der Waals surface area contributed by atoms with Crippen LogP contribution in [0.3, 0.4) is 0 Å². The lowest BCUT2D eigenvalue weighted by molar-refractivity contribution is -0.143. The second-order valence-corrected chi connectivity index (χ2v) is 7.88. The van der Waals surface area contributed by atoms with Crippen LogP contribution in [0.5, 0.6) is 0 Å². The number of benzene rings is 1. The maximum Gasteiger partial charge on any atom is 0.242 e. The summed E-state index contributed by atoms with van der Waals surface area (Å²) in [4.78, 5) is 30.4. The molecule has 0 spiro atoms. The molecule has 0 aliphatic heterocycles. The molecule has 1 atom stereocenters. The Bertz CT molecular complexity index is 700. The first-order chi connectivity index (χ1) is 13.0. The summed E-state index contributed by atoms with van der Waals surface area (Å²) >= 11 is 1.65. The minimum Gasteiger partial charge on any atom is -0.332 e. The van der Waals surface area contributed by atoms with Gasteiger partial charge in [-0.25, -0.2) is 0 Å². The third kappa shape index (κ3) is 6.51. The topological polar surface area (TPSA) is 40.6 Å². The molecule has 5 heteroatoms. The van der Waals surface area contributed by atoms with Gasteiger partial charge < -0.3 is 9.80 Å². The molecule has 2 amide bonds. The Labute approximate surface area is 166 Å². The first-order valence-electron chi connectivity index (χ1n) is 9.68. The lowest BCUT2D eigenvalue weighted by atomic mass is 10.1. The van der Waals surface area contributed by atoms with Crippen LogP contribution in [0.4, 0.5) is 0 Å². The molecule has 1 aromatic carbocycles. The van der Waals surface area contributed by atoms with Crippen molar-refractivity contribution in [1.82, 2.24) is 9.80 Å². The molecule has 1 heterocycles. The van der Waals surface area contributed by atoms with Gasteiger partial charge in [0.2, 0.25) is 11.8 Å². The van der Waals surface area contributed by atoms with E-state index in [1.807, 2.05) is 66.6 Å². The molecule has 2 aromatic rings. The van der Waals surface area contributed by atoms with Gasteiger partial charge >= 0.3 is 0 Å². The zero-order chi connectivity index (χ0) is 19.6. The second kappa shape index (κ2) is 10.9. The Balaban J connectivity index is 2.16. The maximum absolute atomic E-state index is 13.1. The summed E-state index contributed by atoms with van der Waals surface area (Å²) < 4.78 is 0. The summed E-state index contributed by atoms with van der Waals surface area (Å²) in [5.41, 5.74) is 1.09. The smallest absolute Gasteiger partial charge is 0.242 e. The highest BCUT2D eigenvalue weighted by atomic mass is 32.1. The van der Waals surface area contributed by atoms with E-state index in [9.17, 15) is 9.59 Å². The average Bonchev–Trinajstić information content (AvgIpc) is 3.19. The normalized spacial score (nSPS) is 11.8. The van der Waals surface area contributed by atoms with Crippen molar-refractivity contribution in [1.29, 1.82) is 0 Å². The average molecular weight is 387 g/mol.